The zero-order valence-corrected chi connectivity index (χ0v) is 17.8. The van der Waals surface area contributed by atoms with Crippen LogP contribution >= 0.6 is 0 Å². The van der Waals surface area contributed by atoms with Crippen LogP contribution in [0.25, 0.3) is 5.57 Å². The van der Waals surface area contributed by atoms with Crippen LogP contribution in [0.2, 0.25) is 0 Å². The maximum atomic E-state index is 14.2. The first-order valence-corrected chi connectivity index (χ1v) is 9.79. The van der Waals surface area contributed by atoms with Gasteiger partial charge in [-0.25, -0.2) is 13.6 Å². The van der Waals surface area contributed by atoms with E-state index in [0.29, 0.717) is 5.57 Å². The van der Waals surface area contributed by atoms with E-state index in [2.05, 4.69) is 5.32 Å². The van der Waals surface area contributed by atoms with Crippen LogP contribution in [0.1, 0.15) is 30.9 Å². The molecule has 3 rings (SSSR count). The van der Waals surface area contributed by atoms with Crippen LogP contribution in [0.5, 0.6) is 0 Å². The number of Topliss-reactive ketones (excluding diaryl/α,β-unsaturated/α-hetero) is 1. The highest BCUT2D eigenvalue weighted by atomic mass is 19.4. The minimum Gasteiger partial charge on any atom is -0.475 e. The average Bonchev–Trinajstić information content (AvgIpc) is 2.74. The largest absolute Gasteiger partial charge is 0.490 e. The molecule has 2 atom stereocenters. The first-order valence-electron chi connectivity index (χ1n) is 9.79. The van der Waals surface area contributed by atoms with Crippen molar-refractivity contribution in [1.29, 1.82) is 0 Å². The monoisotopic (exact) mass is 470 g/mol. The van der Waals surface area contributed by atoms with Gasteiger partial charge in [-0.05, 0) is 43.2 Å². The lowest BCUT2D eigenvalue weighted by Crippen LogP contribution is -2.55. The van der Waals surface area contributed by atoms with Crippen molar-refractivity contribution in [2.75, 3.05) is 6.54 Å². The standard InChI is InChI=1S/C21H22F2N2O.C2HF3O2/c1-21(2,24)20(26)19-17(13-6-4-3-5-7-13)10-14(12-25-19)16-11-15(22)8-9-18(16)23;3-2(4,5)1(6)7/h3-11,17,19,25H,12,24H2,1-2H3;(H,6,7). The summed E-state index contributed by atoms with van der Waals surface area (Å²) >= 11 is 0. The van der Waals surface area contributed by atoms with E-state index in [-0.39, 0.29) is 23.8 Å². The lowest BCUT2D eigenvalue weighted by atomic mass is 9.79. The van der Waals surface area contributed by atoms with Crippen molar-refractivity contribution in [2.24, 2.45) is 5.73 Å². The number of benzene rings is 2. The summed E-state index contributed by atoms with van der Waals surface area (Å²) in [5, 5.41) is 10.3. The van der Waals surface area contributed by atoms with Crippen LogP contribution < -0.4 is 11.1 Å². The van der Waals surface area contributed by atoms with Crippen LogP contribution in [0.3, 0.4) is 0 Å². The summed E-state index contributed by atoms with van der Waals surface area (Å²) in [5.41, 5.74) is 6.76. The molecule has 33 heavy (non-hydrogen) atoms. The molecule has 0 radical (unpaired) electrons. The van der Waals surface area contributed by atoms with Crippen molar-refractivity contribution in [2.45, 2.75) is 37.5 Å². The molecule has 2 aromatic rings. The van der Waals surface area contributed by atoms with Crippen LogP contribution in [0.4, 0.5) is 22.0 Å². The predicted octanol–water partition coefficient (Wildman–Crippen LogP) is 4.04. The number of alkyl halides is 3. The molecule has 5 nitrogen and oxygen atoms in total. The number of carboxylic acids is 1. The Morgan fingerprint density at radius 2 is 1.64 bits per heavy atom. The number of nitrogens with two attached hydrogens (primary N) is 1. The topological polar surface area (TPSA) is 92.4 Å². The molecule has 0 amide bonds. The normalized spacial score (nSPS) is 18.6. The maximum Gasteiger partial charge on any atom is 0.490 e. The number of carbonyl (C=O) groups is 2. The van der Waals surface area contributed by atoms with Gasteiger partial charge in [-0.3, -0.25) is 4.79 Å². The van der Waals surface area contributed by atoms with E-state index in [1.165, 1.54) is 6.07 Å². The minimum atomic E-state index is -5.08. The number of hydrogen-bond acceptors (Lipinski definition) is 4. The van der Waals surface area contributed by atoms with Crippen LogP contribution in [0.15, 0.2) is 54.6 Å². The zero-order valence-electron chi connectivity index (χ0n) is 17.8. The minimum absolute atomic E-state index is 0.124. The van der Waals surface area contributed by atoms with E-state index < -0.39 is 35.4 Å². The van der Waals surface area contributed by atoms with E-state index >= 15 is 0 Å². The van der Waals surface area contributed by atoms with Crippen LogP contribution in [-0.2, 0) is 9.59 Å². The molecule has 1 heterocycles. The Bertz CT molecular complexity index is 1030. The van der Waals surface area contributed by atoms with Gasteiger partial charge in [-0.15, -0.1) is 0 Å². The summed E-state index contributed by atoms with van der Waals surface area (Å²) in [6.07, 6.45) is -3.24. The number of carboxylic acid groups (broad SMARTS) is 1. The van der Waals surface area contributed by atoms with E-state index in [1.807, 2.05) is 36.4 Å². The lowest BCUT2D eigenvalue weighted by Gasteiger charge is -2.34. The third-order valence-corrected chi connectivity index (χ3v) is 4.87. The molecule has 10 heteroatoms. The molecular weight excluding hydrogens is 447 g/mol. The Morgan fingerprint density at radius 3 is 2.15 bits per heavy atom. The number of carbonyl (C=O) groups excluding carboxylic acids is 1. The van der Waals surface area contributed by atoms with Gasteiger partial charge in [0.2, 0.25) is 0 Å². The van der Waals surface area contributed by atoms with Crippen LogP contribution in [0, 0.1) is 11.6 Å². The quantitative estimate of drug-likeness (QED) is 0.587. The van der Waals surface area contributed by atoms with Crippen molar-refractivity contribution in [3.05, 3.63) is 77.4 Å². The van der Waals surface area contributed by atoms with Gasteiger partial charge in [0.1, 0.15) is 11.6 Å². The first kappa shape index (κ1) is 26.1. The summed E-state index contributed by atoms with van der Waals surface area (Å²) in [7, 11) is 0. The number of ketones is 1. The Morgan fingerprint density at radius 1 is 1.06 bits per heavy atom. The van der Waals surface area contributed by atoms with Crippen molar-refractivity contribution < 1.29 is 36.6 Å². The summed E-state index contributed by atoms with van der Waals surface area (Å²) in [4.78, 5) is 21.7. The number of aliphatic carboxylic acids is 1. The van der Waals surface area contributed by atoms with Gasteiger partial charge in [-0.2, -0.15) is 13.2 Å². The fourth-order valence-electron chi connectivity index (χ4n) is 3.27. The first-order chi connectivity index (χ1) is 15.2. The fraction of sp³-hybridized carbons (Fsp3) is 0.304. The number of hydrogen-bond donors (Lipinski definition) is 3. The SMILES string of the molecule is CC(C)(N)C(=O)C1NCC(c2cc(F)ccc2F)=CC1c1ccccc1.O=C(O)C(F)(F)F. The Kier molecular flexibility index (Phi) is 8.10. The van der Waals surface area contributed by atoms with Crippen molar-refractivity contribution in [1.82, 2.24) is 5.32 Å². The lowest BCUT2D eigenvalue weighted by molar-refractivity contribution is -0.192. The molecule has 1 aliphatic heterocycles. The highest BCUT2D eigenvalue weighted by molar-refractivity contribution is 5.94. The molecule has 178 valence electrons. The molecule has 1 aliphatic rings. The van der Waals surface area contributed by atoms with Crippen LogP contribution in [-0.4, -0.2) is 41.2 Å². The smallest absolute Gasteiger partial charge is 0.475 e. The zero-order chi connectivity index (χ0) is 25.0. The number of nitrogens with one attached hydrogen (secondary N) is 1. The Balaban J connectivity index is 0.000000479. The van der Waals surface area contributed by atoms with Gasteiger partial charge in [-0.1, -0.05) is 36.4 Å². The van der Waals surface area contributed by atoms with Gasteiger partial charge in [0.25, 0.3) is 0 Å². The van der Waals surface area contributed by atoms with Gasteiger partial charge in [0.05, 0.1) is 11.6 Å². The Hall–Kier alpha value is -3.11. The molecule has 0 fully saturated rings. The highest BCUT2D eigenvalue weighted by Gasteiger charge is 2.38. The second kappa shape index (κ2) is 10.2. The molecule has 2 aromatic carbocycles. The average molecular weight is 470 g/mol. The predicted molar refractivity (Wildman–Crippen MR) is 112 cm³/mol. The Labute approximate surface area is 187 Å². The van der Waals surface area contributed by atoms with Gasteiger partial charge in [0.15, 0.2) is 5.78 Å². The summed E-state index contributed by atoms with van der Waals surface area (Å²) in [6, 6.07) is 12.3. The number of halogens is 5. The maximum absolute atomic E-state index is 14.2. The molecule has 0 saturated carbocycles. The fourth-order valence-corrected chi connectivity index (χ4v) is 3.27. The highest BCUT2D eigenvalue weighted by Crippen LogP contribution is 2.32. The molecule has 0 aliphatic carbocycles. The summed E-state index contributed by atoms with van der Waals surface area (Å²) in [6.45, 7) is 3.60. The molecule has 0 bridgehead atoms. The third kappa shape index (κ3) is 6.93. The second-order valence-corrected chi connectivity index (χ2v) is 8.00. The molecule has 0 spiro atoms. The van der Waals surface area contributed by atoms with Gasteiger partial charge >= 0.3 is 12.1 Å². The third-order valence-electron chi connectivity index (χ3n) is 4.87. The van der Waals surface area contributed by atoms with Crippen molar-refractivity contribution in [3.8, 4) is 0 Å². The number of rotatable bonds is 4. The van der Waals surface area contributed by atoms with E-state index in [0.717, 1.165) is 17.7 Å². The molecule has 4 N–H and O–H groups in total. The second-order valence-electron chi connectivity index (χ2n) is 8.00. The van der Waals surface area contributed by atoms with E-state index in [4.69, 9.17) is 15.6 Å². The van der Waals surface area contributed by atoms with Crippen molar-refractivity contribution >= 4 is 17.3 Å². The molecule has 0 saturated heterocycles. The van der Waals surface area contributed by atoms with Gasteiger partial charge < -0.3 is 16.2 Å². The summed E-state index contributed by atoms with van der Waals surface area (Å²) in [5.74, 6) is -4.19. The van der Waals surface area contributed by atoms with E-state index in [9.17, 15) is 26.7 Å². The van der Waals surface area contributed by atoms with Gasteiger partial charge in [0, 0.05) is 18.0 Å². The molecule has 0 aromatic heterocycles. The summed E-state index contributed by atoms with van der Waals surface area (Å²) < 4.78 is 59.5. The van der Waals surface area contributed by atoms with Crippen molar-refractivity contribution in [3.63, 3.8) is 0 Å². The molecule has 2 unspecified atom stereocenters. The van der Waals surface area contributed by atoms with E-state index in [1.54, 1.807) is 13.8 Å². The molecular formula is C23H23F5N2O3.